The van der Waals surface area contributed by atoms with Crippen molar-refractivity contribution in [2.75, 3.05) is 0 Å². The fourth-order valence-corrected chi connectivity index (χ4v) is 9.28. The van der Waals surface area contributed by atoms with Crippen molar-refractivity contribution in [1.82, 2.24) is 14.1 Å². The van der Waals surface area contributed by atoms with Crippen molar-refractivity contribution in [2.24, 2.45) is 0 Å². The topological polar surface area (TPSA) is 35.9 Å². The molecule has 0 aliphatic carbocycles. The third-order valence-corrected chi connectivity index (χ3v) is 12.6. The minimum Gasteiger partial charge on any atom is -0.458 e. The van der Waals surface area contributed by atoms with Crippen LogP contribution in [-0.4, -0.2) is 14.1 Å². The van der Waals surface area contributed by atoms with Crippen LogP contribution >= 0.6 is 0 Å². The Morgan fingerprint density at radius 1 is 0.538 bits per heavy atom. The highest BCUT2D eigenvalue weighted by Crippen LogP contribution is 2.39. The summed E-state index contributed by atoms with van der Waals surface area (Å²) in [4.78, 5) is 5.14. The number of aryl methyl sites for hydroxylation is 1. The predicted molar refractivity (Wildman–Crippen MR) is 267 cm³/mol. The van der Waals surface area contributed by atoms with Crippen molar-refractivity contribution in [2.45, 2.75) is 39.5 Å². The zero-order valence-electron chi connectivity index (χ0n) is 37.0. The predicted octanol–water partition coefficient (Wildman–Crippen LogP) is 14.9. The van der Waals surface area contributed by atoms with E-state index in [4.69, 9.17) is 9.72 Å². The van der Waals surface area contributed by atoms with Crippen LogP contribution in [0.5, 0.6) is 11.5 Å². The molecule has 0 amide bonds. The van der Waals surface area contributed by atoms with Crippen molar-refractivity contribution >= 4 is 32.8 Å². The highest BCUT2D eigenvalue weighted by atomic mass is 16.5. The molecule has 11 aromatic rings. The summed E-state index contributed by atoms with van der Waals surface area (Å²) in [5.74, 6) is 2.36. The van der Waals surface area contributed by atoms with E-state index in [1.54, 1.807) is 0 Å². The number of hydrogen-bond acceptors (Lipinski definition) is 2. The third kappa shape index (κ3) is 7.25. The van der Waals surface area contributed by atoms with Gasteiger partial charge in [-0.05, 0) is 99.3 Å². The van der Waals surface area contributed by atoms with Crippen LogP contribution in [0, 0.1) is 6.33 Å². The second-order valence-electron chi connectivity index (χ2n) is 17.7. The molecule has 0 saturated heterocycles. The number of fused-ring (bicyclic) bond motifs is 4. The molecule has 3 aromatic heterocycles. The maximum absolute atomic E-state index is 6.82. The van der Waals surface area contributed by atoms with E-state index in [9.17, 15) is 0 Å². The van der Waals surface area contributed by atoms with Crippen LogP contribution in [0.25, 0.3) is 83.4 Å². The minimum atomic E-state index is -0.00114. The van der Waals surface area contributed by atoms with E-state index >= 15 is 0 Å². The monoisotopic (exact) mass is 840 g/mol. The van der Waals surface area contributed by atoms with E-state index in [2.05, 4.69) is 242 Å². The maximum Gasteiger partial charge on any atom is 0.269 e. The highest BCUT2D eigenvalue weighted by molar-refractivity contribution is 6.10. The third-order valence-electron chi connectivity index (χ3n) is 12.6. The van der Waals surface area contributed by atoms with E-state index in [1.807, 2.05) is 12.3 Å². The van der Waals surface area contributed by atoms with Crippen molar-refractivity contribution in [3.63, 3.8) is 0 Å². The number of aromatic nitrogens is 4. The molecule has 0 unspecified atom stereocenters. The minimum absolute atomic E-state index is 0.00114. The summed E-state index contributed by atoms with van der Waals surface area (Å²) in [6.45, 7) is 9.02. The van der Waals surface area contributed by atoms with Gasteiger partial charge in [0, 0.05) is 28.6 Å². The molecule has 314 valence electrons. The number of hydrogen-bond donors (Lipinski definition) is 0. The van der Waals surface area contributed by atoms with Crippen molar-refractivity contribution in [3.05, 3.63) is 224 Å². The summed E-state index contributed by atoms with van der Waals surface area (Å²) in [7, 11) is 0. The molecule has 3 heterocycles. The van der Waals surface area contributed by atoms with Crippen LogP contribution in [0.4, 0.5) is 0 Å². The largest absolute Gasteiger partial charge is 0.458 e. The molecule has 5 nitrogen and oxygen atoms in total. The summed E-state index contributed by atoms with van der Waals surface area (Å²) < 4.78 is 13.5. The van der Waals surface area contributed by atoms with Gasteiger partial charge in [0.05, 0.1) is 33.4 Å². The van der Waals surface area contributed by atoms with Crippen LogP contribution in [0.2, 0.25) is 0 Å². The smallest absolute Gasteiger partial charge is 0.269 e. The zero-order chi connectivity index (χ0) is 44.1. The molecule has 0 N–H and O–H groups in total. The van der Waals surface area contributed by atoms with Gasteiger partial charge in [-0.1, -0.05) is 173 Å². The van der Waals surface area contributed by atoms with E-state index < -0.39 is 0 Å². The van der Waals surface area contributed by atoms with Gasteiger partial charge in [-0.3, -0.25) is 13.7 Å². The molecule has 0 radical (unpaired) electrons. The Hall–Kier alpha value is -8.02. The summed E-state index contributed by atoms with van der Waals surface area (Å²) in [5.41, 5.74) is 15.7. The molecular weight excluding hydrogens is 793 g/mol. The lowest BCUT2D eigenvalue weighted by Gasteiger charge is -2.19. The average molecular weight is 841 g/mol. The Balaban J connectivity index is 1.02. The molecule has 0 aliphatic heterocycles. The molecule has 0 saturated carbocycles. The van der Waals surface area contributed by atoms with Gasteiger partial charge in [0.25, 0.3) is 6.33 Å². The molecule has 0 atom stereocenters. The highest BCUT2D eigenvalue weighted by Gasteiger charge is 2.22. The number of nitrogens with zero attached hydrogens (tertiary/aromatic N) is 4. The number of para-hydroxylation sites is 3. The standard InChI is InChI=1S/C60H48N4O/c1-5-41-35-58(61-39-53(41)44-23-13-8-14-24-44)64-54-34-31-45(60(2,3)4)36-52(54)51-33-32-48(38-57(51)64)65-47-26-17-25-46(37-47)62-40-63(56-30-16-15-29-55(56)62)59-49(42-19-9-6-10-20-42)27-18-28-50(59)43-21-11-7-12-22-43/h6-39H,5H2,1-4H3. The van der Waals surface area contributed by atoms with Gasteiger partial charge < -0.3 is 4.74 Å². The second kappa shape index (κ2) is 16.3. The Labute approximate surface area is 380 Å². The summed E-state index contributed by atoms with van der Waals surface area (Å²) in [5, 5.41) is 2.35. The molecular formula is C60H48N4O. The molecule has 11 rings (SSSR count). The van der Waals surface area contributed by atoms with E-state index in [0.717, 1.165) is 90.4 Å². The Morgan fingerprint density at radius 2 is 1.17 bits per heavy atom. The average Bonchev–Trinajstić information content (AvgIpc) is 3.90. The molecule has 0 fully saturated rings. The molecule has 5 heteroatoms. The van der Waals surface area contributed by atoms with Crippen LogP contribution in [-0.2, 0) is 11.8 Å². The molecule has 8 aromatic carbocycles. The molecule has 0 aliphatic rings. The zero-order valence-corrected chi connectivity index (χ0v) is 37.0. The van der Waals surface area contributed by atoms with E-state index in [1.165, 1.54) is 22.1 Å². The van der Waals surface area contributed by atoms with Gasteiger partial charge >= 0.3 is 0 Å². The van der Waals surface area contributed by atoms with E-state index in [-0.39, 0.29) is 5.41 Å². The van der Waals surface area contributed by atoms with E-state index in [0.29, 0.717) is 0 Å². The van der Waals surface area contributed by atoms with Crippen LogP contribution in [0.3, 0.4) is 0 Å². The Bertz CT molecular complexity index is 3470. The lowest BCUT2D eigenvalue weighted by Crippen LogP contribution is -2.31. The first-order valence-electron chi connectivity index (χ1n) is 22.4. The normalized spacial score (nSPS) is 11.8. The maximum atomic E-state index is 6.82. The van der Waals surface area contributed by atoms with Gasteiger partial charge in [-0.15, -0.1) is 0 Å². The SMILES string of the molecule is CCc1cc(-n2c3ccc(C(C)(C)C)cc3c3ccc(Oc4cccc(-n5[c-][n+](-c6c(-c7ccccc7)cccc6-c6ccccc6)c6ccccc65)c4)cc32)ncc1-c1ccccc1. The second-order valence-corrected chi connectivity index (χ2v) is 17.7. The lowest BCUT2D eigenvalue weighted by molar-refractivity contribution is -0.571. The van der Waals surface area contributed by atoms with Crippen molar-refractivity contribution < 1.29 is 9.30 Å². The number of ether oxygens (including phenoxy) is 1. The van der Waals surface area contributed by atoms with Crippen molar-refractivity contribution in [3.8, 4) is 62.1 Å². The van der Waals surface area contributed by atoms with Crippen LogP contribution < -0.4 is 9.30 Å². The first-order valence-corrected chi connectivity index (χ1v) is 22.4. The van der Waals surface area contributed by atoms with Gasteiger partial charge in [0.2, 0.25) is 0 Å². The number of imidazole rings is 1. The van der Waals surface area contributed by atoms with Crippen LogP contribution in [0.1, 0.15) is 38.8 Å². The lowest BCUT2D eigenvalue weighted by atomic mass is 9.86. The van der Waals surface area contributed by atoms with Gasteiger partial charge in [0.15, 0.2) is 0 Å². The van der Waals surface area contributed by atoms with Crippen molar-refractivity contribution in [1.29, 1.82) is 0 Å². The number of pyridine rings is 1. The summed E-state index contributed by atoms with van der Waals surface area (Å²) in [6, 6.07) is 70.7. The first kappa shape index (κ1) is 39.8. The summed E-state index contributed by atoms with van der Waals surface area (Å²) in [6.07, 6.45) is 6.72. The molecule has 0 spiro atoms. The fourth-order valence-electron chi connectivity index (χ4n) is 9.28. The van der Waals surface area contributed by atoms with Gasteiger partial charge in [0.1, 0.15) is 17.3 Å². The number of benzene rings is 8. The van der Waals surface area contributed by atoms with Gasteiger partial charge in [-0.2, -0.15) is 0 Å². The fraction of sp³-hybridized carbons (Fsp3) is 0.100. The first-order chi connectivity index (χ1) is 31.8. The molecule has 65 heavy (non-hydrogen) atoms. The Kier molecular flexibility index (Phi) is 9.96. The van der Waals surface area contributed by atoms with Crippen LogP contribution in [0.15, 0.2) is 206 Å². The number of rotatable bonds is 9. The van der Waals surface area contributed by atoms with Gasteiger partial charge in [-0.25, -0.2) is 4.98 Å². The molecule has 0 bridgehead atoms. The Morgan fingerprint density at radius 3 is 1.85 bits per heavy atom. The quantitative estimate of drug-likeness (QED) is 0.107. The summed E-state index contributed by atoms with van der Waals surface area (Å²) >= 11 is 0.